The van der Waals surface area contributed by atoms with E-state index in [1.807, 2.05) is 4.90 Å². The highest BCUT2D eigenvalue weighted by Gasteiger charge is 2.31. The molecule has 1 unspecified atom stereocenters. The monoisotopic (exact) mass is 499 g/mol. The summed E-state index contributed by atoms with van der Waals surface area (Å²) in [4.78, 5) is 26.4. The number of carbonyl (C=O) groups is 2. The molecule has 35 heavy (non-hydrogen) atoms. The fourth-order valence-electron chi connectivity index (χ4n) is 3.76. The lowest BCUT2D eigenvalue weighted by atomic mass is 10.0. The van der Waals surface area contributed by atoms with Gasteiger partial charge in [0.05, 0.1) is 30.4 Å². The summed E-state index contributed by atoms with van der Waals surface area (Å²) in [7, 11) is 0. The van der Waals surface area contributed by atoms with Crippen LogP contribution >= 0.6 is 0 Å². The van der Waals surface area contributed by atoms with Gasteiger partial charge in [0.15, 0.2) is 0 Å². The van der Waals surface area contributed by atoms with E-state index in [1.54, 1.807) is 0 Å². The van der Waals surface area contributed by atoms with Crippen LogP contribution in [-0.2, 0) is 15.7 Å². The number of rotatable bonds is 9. The topological polar surface area (TPSA) is 70.7 Å². The van der Waals surface area contributed by atoms with Crippen molar-refractivity contribution in [1.82, 2.24) is 15.5 Å². The summed E-state index contributed by atoms with van der Waals surface area (Å²) in [5.41, 5.74) is -0.386. The van der Waals surface area contributed by atoms with Gasteiger partial charge in [0.1, 0.15) is 11.6 Å². The van der Waals surface area contributed by atoms with Gasteiger partial charge in [-0.25, -0.2) is 8.78 Å². The van der Waals surface area contributed by atoms with Crippen LogP contribution in [0.1, 0.15) is 40.4 Å². The van der Waals surface area contributed by atoms with Crippen molar-refractivity contribution >= 4 is 11.8 Å². The second-order valence-corrected chi connectivity index (χ2v) is 8.07. The van der Waals surface area contributed by atoms with E-state index in [0.29, 0.717) is 37.9 Å². The Bertz CT molecular complexity index is 1010. The van der Waals surface area contributed by atoms with Crippen molar-refractivity contribution in [3.8, 4) is 0 Å². The Kier molecular flexibility index (Phi) is 9.16. The Morgan fingerprint density at radius 2 is 1.69 bits per heavy atom. The van der Waals surface area contributed by atoms with Crippen molar-refractivity contribution in [2.75, 3.05) is 39.4 Å². The number of ether oxygens (including phenoxy) is 1. The molecule has 1 atom stereocenters. The quantitative estimate of drug-likeness (QED) is 0.408. The van der Waals surface area contributed by atoms with E-state index in [-0.39, 0.29) is 43.4 Å². The van der Waals surface area contributed by atoms with Crippen LogP contribution in [-0.4, -0.2) is 56.1 Å². The van der Waals surface area contributed by atoms with E-state index in [9.17, 15) is 31.5 Å². The number of alkyl halides is 3. The lowest BCUT2D eigenvalue weighted by molar-refractivity contribution is -0.137. The molecule has 190 valence electrons. The normalized spacial score (nSPS) is 15.5. The Morgan fingerprint density at radius 1 is 1.00 bits per heavy atom. The molecule has 0 radical (unpaired) electrons. The molecule has 1 aliphatic rings. The molecule has 1 heterocycles. The third-order valence-electron chi connectivity index (χ3n) is 5.64. The van der Waals surface area contributed by atoms with Crippen molar-refractivity contribution in [1.29, 1.82) is 0 Å². The molecule has 3 rings (SSSR count). The van der Waals surface area contributed by atoms with Gasteiger partial charge in [-0.15, -0.1) is 0 Å². The summed E-state index contributed by atoms with van der Waals surface area (Å²) in [5.74, 6) is -2.77. The van der Waals surface area contributed by atoms with Crippen LogP contribution in [0, 0.1) is 11.6 Å². The second-order valence-electron chi connectivity index (χ2n) is 8.07. The smallest absolute Gasteiger partial charge is 0.379 e. The molecule has 0 aromatic heterocycles. The summed E-state index contributed by atoms with van der Waals surface area (Å²) >= 11 is 0. The number of nitrogens with zero attached hydrogens (tertiary/aromatic N) is 1. The number of nitrogens with one attached hydrogen (secondary N) is 2. The van der Waals surface area contributed by atoms with Gasteiger partial charge >= 0.3 is 6.18 Å². The lowest BCUT2D eigenvalue weighted by Crippen LogP contribution is -2.43. The Labute approximate surface area is 199 Å². The molecular weight excluding hydrogens is 473 g/mol. The van der Waals surface area contributed by atoms with Crippen molar-refractivity contribution in [2.24, 2.45) is 0 Å². The highest BCUT2D eigenvalue weighted by molar-refractivity contribution is 5.94. The van der Waals surface area contributed by atoms with Gasteiger partial charge in [-0.2, -0.15) is 13.2 Å². The van der Waals surface area contributed by atoms with Crippen LogP contribution in [0.15, 0.2) is 42.5 Å². The largest absolute Gasteiger partial charge is 0.416 e. The van der Waals surface area contributed by atoms with Gasteiger partial charge in [-0.05, 0) is 36.2 Å². The molecule has 2 amide bonds. The molecule has 0 bridgehead atoms. The zero-order valence-electron chi connectivity index (χ0n) is 18.8. The fraction of sp³-hybridized carbons (Fsp3) is 0.417. The molecule has 2 aromatic rings. The van der Waals surface area contributed by atoms with E-state index in [4.69, 9.17) is 4.74 Å². The predicted molar refractivity (Wildman–Crippen MR) is 118 cm³/mol. The first-order valence-corrected chi connectivity index (χ1v) is 11.1. The van der Waals surface area contributed by atoms with Crippen molar-refractivity contribution in [2.45, 2.75) is 25.1 Å². The number of morpholine rings is 1. The third-order valence-corrected chi connectivity index (χ3v) is 5.64. The van der Waals surface area contributed by atoms with Crippen LogP contribution in [0.2, 0.25) is 0 Å². The van der Waals surface area contributed by atoms with E-state index < -0.39 is 29.3 Å². The van der Waals surface area contributed by atoms with Gasteiger partial charge in [0.25, 0.3) is 5.91 Å². The van der Waals surface area contributed by atoms with Crippen LogP contribution in [0.5, 0.6) is 0 Å². The van der Waals surface area contributed by atoms with E-state index in [2.05, 4.69) is 10.6 Å². The average Bonchev–Trinajstić information content (AvgIpc) is 2.82. The molecular formula is C24H26F5N3O3. The minimum Gasteiger partial charge on any atom is -0.379 e. The molecule has 0 aliphatic carbocycles. The summed E-state index contributed by atoms with van der Waals surface area (Å²) in [5, 5.41) is 5.28. The zero-order valence-corrected chi connectivity index (χ0v) is 18.8. The maximum atomic E-state index is 13.7. The van der Waals surface area contributed by atoms with Crippen molar-refractivity contribution < 1.29 is 36.3 Å². The van der Waals surface area contributed by atoms with E-state index in [1.165, 1.54) is 12.1 Å². The summed E-state index contributed by atoms with van der Waals surface area (Å²) < 4.78 is 70.7. The standard InChI is InChI=1S/C24H26F5N3O3/c25-18-7-8-19(20(26)14-18)23(34)30-9-1-2-22(33)31-15-21(32-10-12-35-13-11-32)16-3-5-17(6-4-16)24(27,28)29/h3-8,14,21H,1-2,9-13,15H2,(H,30,34)(H,31,33). The summed E-state index contributed by atoms with van der Waals surface area (Å²) in [6, 6.07) is 7.19. The number of benzene rings is 2. The lowest BCUT2D eigenvalue weighted by Gasteiger charge is -2.35. The summed E-state index contributed by atoms with van der Waals surface area (Å²) in [6.07, 6.45) is -4.07. The molecule has 2 aromatic carbocycles. The molecule has 2 N–H and O–H groups in total. The van der Waals surface area contributed by atoms with E-state index >= 15 is 0 Å². The molecule has 6 nitrogen and oxygen atoms in total. The summed E-state index contributed by atoms with van der Waals surface area (Å²) in [6.45, 7) is 2.42. The molecule has 1 fully saturated rings. The minimum atomic E-state index is -4.43. The molecule has 0 saturated carbocycles. The fourth-order valence-corrected chi connectivity index (χ4v) is 3.76. The van der Waals surface area contributed by atoms with Crippen LogP contribution in [0.4, 0.5) is 22.0 Å². The van der Waals surface area contributed by atoms with Gasteiger partial charge in [0, 0.05) is 38.7 Å². The average molecular weight is 499 g/mol. The van der Waals surface area contributed by atoms with Gasteiger partial charge in [-0.3, -0.25) is 14.5 Å². The number of halogens is 5. The first-order chi connectivity index (χ1) is 16.6. The maximum Gasteiger partial charge on any atom is 0.416 e. The predicted octanol–water partition coefficient (Wildman–Crippen LogP) is 3.68. The highest BCUT2D eigenvalue weighted by atomic mass is 19.4. The van der Waals surface area contributed by atoms with Crippen LogP contribution < -0.4 is 10.6 Å². The number of hydrogen-bond acceptors (Lipinski definition) is 4. The first kappa shape index (κ1) is 26.6. The molecule has 1 aliphatic heterocycles. The highest BCUT2D eigenvalue weighted by Crippen LogP contribution is 2.31. The van der Waals surface area contributed by atoms with Gasteiger partial charge < -0.3 is 15.4 Å². The van der Waals surface area contributed by atoms with Crippen molar-refractivity contribution in [3.63, 3.8) is 0 Å². The number of carbonyl (C=O) groups excluding carboxylic acids is 2. The second kappa shape index (κ2) is 12.1. The SMILES string of the molecule is O=C(CCCNC(=O)c1ccc(F)cc1F)NCC(c1ccc(C(F)(F)F)cc1)N1CCOCC1. The third kappa shape index (κ3) is 7.72. The molecule has 11 heteroatoms. The maximum absolute atomic E-state index is 13.7. The first-order valence-electron chi connectivity index (χ1n) is 11.1. The minimum absolute atomic E-state index is 0.0784. The number of amides is 2. The van der Waals surface area contributed by atoms with Crippen LogP contribution in [0.25, 0.3) is 0 Å². The Balaban J connectivity index is 1.50. The van der Waals surface area contributed by atoms with Gasteiger partial charge in [-0.1, -0.05) is 12.1 Å². The van der Waals surface area contributed by atoms with E-state index in [0.717, 1.165) is 24.3 Å². The van der Waals surface area contributed by atoms with Crippen molar-refractivity contribution in [3.05, 3.63) is 70.8 Å². The molecule has 1 saturated heterocycles. The zero-order chi connectivity index (χ0) is 25.4. The Morgan fingerprint density at radius 3 is 2.31 bits per heavy atom. The molecule has 0 spiro atoms. The van der Waals surface area contributed by atoms with Crippen LogP contribution in [0.3, 0.4) is 0 Å². The Hall–Kier alpha value is -3.05. The number of hydrogen-bond donors (Lipinski definition) is 2. The van der Waals surface area contributed by atoms with Gasteiger partial charge in [0.2, 0.25) is 5.91 Å².